The number of pyridine rings is 1. The van der Waals surface area contributed by atoms with Gasteiger partial charge in [-0.05, 0) is 24.6 Å². The molecule has 1 heterocycles. The highest BCUT2D eigenvalue weighted by molar-refractivity contribution is 6.17. The predicted molar refractivity (Wildman–Crippen MR) is 56.0 cm³/mol. The summed E-state index contributed by atoms with van der Waals surface area (Å²) in [4.78, 5) is 4.46. The molecule has 0 spiro atoms. The fourth-order valence-corrected chi connectivity index (χ4v) is 1.66. The van der Waals surface area contributed by atoms with Crippen LogP contribution in [0.15, 0.2) is 30.3 Å². The molecule has 1 aromatic heterocycles. The maximum absolute atomic E-state index is 5.79. The number of fused-ring (bicyclic) bond motifs is 1. The van der Waals surface area contributed by atoms with Crippen molar-refractivity contribution in [3.05, 3.63) is 41.6 Å². The maximum atomic E-state index is 5.79. The van der Waals surface area contributed by atoms with Crippen molar-refractivity contribution >= 4 is 22.5 Å². The van der Waals surface area contributed by atoms with Crippen LogP contribution in [0.1, 0.15) is 11.3 Å². The van der Waals surface area contributed by atoms with Gasteiger partial charge in [0.05, 0.1) is 5.52 Å². The number of halogens is 1. The molecule has 66 valence electrons. The number of benzene rings is 1. The zero-order valence-electron chi connectivity index (χ0n) is 7.42. The van der Waals surface area contributed by atoms with E-state index >= 15 is 0 Å². The number of rotatable bonds is 1. The second kappa shape index (κ2) is 3.35. The van der Waals surface area contributed by atoms with Gasteiger partial charge in [-0.3, -0.25) is 4.98 Å². The van der Waals surface area contributed by atoms with Crippen LogP contribution in [0.5, 0.6) is 0 Å². The molecule has 0 N–H and O–H groups in total. The van der Waals surface area contributed by atoms with Gasteiger partial charge in [0.2, 0.25) is 0 Å². The molecular formula is C11H10ClN. The third kappa shape index (κ3) is 1.52. The highest BCUT2D eigenvalue weighted by atomic mass is 35.5. The fourth-order valence-electron chi connectivity index (χ4n) is 1.39. The van der Waals surface area contributed by atoms with Crippen LogP contribution in [0.2, 0.25) is 0 Å². The minimum atomic E-state index is 0.531. The summed E-state index contributed by atoms with van der Waals surface area (Å²) in [6, 6.07) is 10.2. The third-order valence-electron chi connectivity index (χ3n) is 2.16. The lowest BCUT2D eigenvalue weighted by molar-refractivity contribution is 1.18. The van der Waals surface area contributed by atoms with Gasteiger partial charge in [0.15, 0.2) is 0 Å². The second-order valence-corrected chi connectivity index (χ2v) is 3.33. The van der Waals surface area contributed by atoms with E-state index < -0.39 is 0 Å². The van der Waals surface area contributed by atoms with E-state index in [0.717, 1.165) is 22.2 Å². The Bertz CT molecular complexity index is 437. The highest BCUT2D eigenvalue weighted by Gasteiger charge is 2.00. The summed E-state index contributed by atoms with van der Waals surface area (Å²) in [6.45, 7) is 1.99. The number of para-hydroxylation sites is 1. The van der Waals surface area contributed by atoms with Gasteiger partial charge in [-0.1, -0.05) is 18.2 Å². The molecule has 0 fully saturated rings. The molecule has 0 aliphatic rings. The van der Waals surface area contributed by atoms with Gasteiger partial charge in [-0.2, -0.15) is 0 Å². The summed E-state index contributed by atoms with van der Waals surface area (Å²) < 4.78 is 0. The lowest BCUT2D eigenvalue weighted by Crippen LogP contribution is -1.90. The van der Waals surface area contributed by atoms with Crippen LogP contribution in [0.4, 0.5) is 0 Å². The zero-order valence-corrected chi connectivity index (χ0v) is 8.17. The van der Waals surface area contributed by atoms with Crippen LogP contribution in [0, 0.1) is 6.92 Å². The van der Waals surface area contributed by atoms with Crippen molar-refractivity contribution in [2.45, 2.75) is 12.8 Å². The molecule has 1 aromatic carbocycles. The summed E-state index contributed by atoms with van der Waals surface area (Å²) >= 11 is 5.79. The molecule has 0 aliphatic carbocycles. The van der Waals surface area contributed by atoms with Gasteiger partial charge < -0.3 is 0 Å². The largest absolute Gasteiger partial charge is 0.253 e. The number of aryl methyl sites for hydroxylation is 1. The van der Waals surface area contributed by atoms with Gasteiger partial charge in [0.1, 0.15) is 0 Å². The summed E-state index contributed by atoms with van der Waals surface area (Å²) in [5.74, 6) is 0.531. The quantitative estimate of drug-likeness (QED) is 0.631. The number of hydrogen-bond donors (Lipinski definition) is 0. The summed E-state index contributed by atoms with van der Waals surface area (Å²) in [5.41, 5.74) is 3.17. The normalized spacial score (nSPS) is 10.6. The molecule has 1 nitrogen and oxygen atoms in total. The Kier molecular flexibility index (Phi) is 2.19. The van der Waals surface area contributed by atoms with Crippen molar-refractivity contribution in [1.82, 2.24) is 4.98 Å². The lowest BCUT2D eigenvalue weighted by atomic mass is 10.1. The Hall–Kier alpha value is -1.08. The molecule has 0 atom stereocenters. The molecule has 2 aromatic rings. The Morgan fingerprint density at radius 3 is 2.85 bits per heavy atom. The van der Waals surface area contributed by atoms with Crippen LogP contribution >= 0.6 is 11.6 Å². The Balaban J connectivity index is 2.74. The van der Waals surface area contributed by atoms with E-state index in [1.54, 1.807) is 0 Å². The molecule has 0 radical (unpaired) electrons. The third-order valence-corrected chi connectivity index (χ3v) is 2.45. The van der Waals surface area contributed by atoms with Gasteiger partial charge in [0, 0.05) is 17.0 Å². The van der Waals surface area contributed by atoms with E-state index in [0.29, 0.717) is 5.88 Å². The molecular weight excluding hydrogens is 182 g/mol. The van der Waals surface area contributed by atoms with Crippen LogP contribution in [0.25, 0.3) is 10.9 Å². The van der Waals surface area contributed by atoms with Gasteiger partial charge in [-0.25, -0.2) is 0 Å². The first kappa shape index (κ1) is 8.52. The number of nitrogens with zero attached hydrogens (tertiary/aromatic N) is 1. The summed E-state index contributed by atoms with van der Waals surface area (Å²) in [6.07, 6.45) is 0. The monoisotopic (exact) mass is 191 g/mol. The predicted octanol–water partition coefficient (Wildman–Crippen LogP) is 3.28. The number of alkyl halides is 1. The second-order valence-electron chi connectivity index (χ2n) is 3.06. The van der Waals surface area contributed by atoms with Crippen molar-refractivity contribution in [1.29, 1.82) is 0 Å². The van der Waals surface area contributed by atoms with Crippen LogP contribution in [-0.4, -0.2) is 4.98 Å². The van der Waals surface area contributed by atoms with Crippen molar-refractivity contribution in [3.63, 3.8) is 0 Å². The van der Waals surface area contributed by atoms with Crippen LogP contribution in [0.3, 0.4) is 0 Å². The van der Waals surface area contributed by atoms with Gasteiger partial charge in [-0.15, -0.1) is 11.6 Å². The molecule has 0 saturated carbocycles. The first-order chi connectivity index (χ1) is 6.31. The maximum Gasteiger partial charge on any atom is 0.0705 e. The molecule has 0 aliphatic heterocycles. The van der Waals surface area contributed by atoms with E-state index in [2.05, 4.69) is 17.1 Å². The fraction of sp³-hybridized carbons (Fsp3) is 0.182. The lowest BCUT2D eigenvalue weighted by Gasteiger charge is -2.03. The van der Waals surface area contributed by atoms with Crippen molar-refractivity contribution < 1.29 is 0 Å². The number of aromatic nitrogens is 1. The van der Waals surface area contributed by atoms with E-state index in [-0.39, 0.29) is 0 Å². The summed E-state index contributed by atoms with van der Waals surface area (Å²) in [5, 5.41) is 1.16. The molecule has 0 unspecified atom stereocenters. The topological polar surface area (TPSA) is 12.9 Å². The molecule has 2 rings (SSSR count). The molecule has 0 bridgehead atoms. The average molecular weight is 192 g/mol. The molecule has 13 heavy (non-hydrogen) atoms. The highest BCUT2D eigenvalue weighted by Crippen LogP contribution is 2.17. The number of hydrogen-bond acceptors (Lipinski definition) is 1. The first-order valence-electron chi connectivity index (χ1n) is 4.22. The Morgan fingerprint density at radius 1 is 1.31 bits per heavy atom. The van der Waals surface area contributed by atoms with Crippen molar-refractivity contribution in [2.75, 3.05) is 0 Å². The van der Waals surface area contributed by atoms with E-state index in [9.17, 15) is 0 Å². The Morgan fingerprint density at radius 2 is 2.08 bits per heavy atom. The van der Waals surface area contributed by atoms with Crippen molar-refractivity contribution in [3.8, 4) is 0 Å². The standard InChI is InChI=1S/C11H10ClN/c1-8-10(7-12)6-9-4-2-3-5-11(9)13-8/h2-6H,7H2,1H3. The van der Waals surface area contributed by atoms with Crippen LogP contribution in [-0.2, 0) is 5.88 Å². The zero-order chi connectivity index (χ0) is 9.26. The Labute approximate surface area is 82.4 Å². The summed E-state index contributed by atoms with van der Waals surface area (Å²) in [7, 11) is 0. The van der Waals surface area contributed by atoms with Crippen molar-refractivity contribution in [2.24, 2.45) is 0 Å². The molecule has 0 amide bonds. The molecule has 2 heteroatoms. The average Bonchev–Trinajstić information content (AvgIpc) is 2.17. The van der Waals surface area contributed by atoms with E-state index in [4.69, 9.17) is 11.6 Å². The minimum Gasteiger partial charge on any atom is -0.253 e. The smallest absolute Gasteiger partial charge is 0.0705 e. The molecule has 0 saturated heterocycles. The van der Waals surface area contributed by atoms with Gasteiger partial charge in [0.25, 0.3) is 0 Å². The van der Waals surface area contributed by atoms with E-state index in [1.165, 1.54) is 0 Å². The van der Waals surface area contributed by atoms with Crippen LogP contribution < -0.4 is 0 Å². The minimum absolute atomic E-state index is 0.531. The van der Waals surface area contributed by atoms with E-state index in [1.807, 2.05) is 25.1 Å². The van der Waals surface area contributed by atoms with Gasteiger partial charge >= 0.3 is 0 Å². The SMILES string of the molecule is Cc1nc2ccccc2cc1CCl. The first-order valence-corrected chi connectivity index (χ1v) is 4.76.